The molecule has 3 heterocycles. The SMILES string of the molecule is Cc1ccccc1S(=O)(=O)N1Cc2[nH]nc(NC(=O)c3ccc(N4CCN(C)CC4)cc3)c2C1. The van der Waals surface area contributed by atoms with Crippen LogP contribution in [0.15, 0.2) is 53.4 Å². The number of rotatable bonds is 5. The van der Waals surface area contributed by atoms with E-state index >= 15 is 0 Å². The average Bonchev–Trinajstić information content (AvgIpc) is 3.42. The first-order valence-electron chi connectivity index (χ1n) is 11.3. The largest absolute Gasteiger partial charge is 0.369 e. The highest BCUT2D eigenvalue weighted by molar-refractivity contribution is 7.89. The molecule has 0 bridgehead atoms. The van der Waals surface area contributed by atoms with Crippen LogP contribution in [0.3, 0.4) is 0 Å². The van der Waals surface area contributed by atoms with Crippen molar-refractivity contribution < 1.29 is 13.2 Å². The van der Waals surface area contributed by atoms with E-state index in [1.54, 1.807) is 25.1 Å². The summed E-state index contributed by atoms with van der Waals surface area (Å²) in [5, 5.41) is 9.95. The van der Waals surface area contributed by atoms with Crippen molar-refractivity contribution in [3.05, 3.63) is 70.9 Å². The number of H-pyrrole nitrogens is 1. The number of aromatic amines is 1. The number of benzene rings is 2. The lowest BCUT2D eigenvalue weighted by atomic mass is 10.1. The number of sulfonamides is 1. The van der Waals surface area contributed by atoms with Gasteiger partial charge in [-0.1, -0.05) is 18.2 Å². The Kier molecular flexibility index (Phi) is 5.88. The van der Waals surface area contributed by atoms with Crippen LogP contribution in [0.4, 0.5) is 11.5 Å². The molecule has 0 spiro atoms. The van der Waals surface area contributed by atoms with E-state index in [4.69, 9.17) is 0 Å². The van der Waals surface area contributed by atoms with E-state index in [0.717, 1.165) is 31.9 Å². The number of nitrogens with one attached hydrogen (secondary N) is 2. The lowest BCUT2D eigenvalue weighted by Gasteiger charge is -2.34. The highest BCUT2D eigenvalue weighted by atomic mass is 32.2. The van der Waals surface area contributed by atoms with Crippen LogP contribution >= 0.6 is 0 Å². The second kappa shape index (κ2) is 8.86. The van der Waals surface area contributed by atoms with Crippen molar-refractivity contribution in [1.29, 1.82) is 0 Å². The third-order valence-corrected chi connectivity index (χ3v) is 8.51. The van der Waals surface area contributed by atoms with Gasteiger partial charge in [0.2, 0.25) is 10.0 Å². The fourth-order valence-electron chi connectivity index (χ4n) is 4.44. The first kappa shape index (κ1) is 22.6. The van der Waals surface area contributed by atoms with Gasteiger partial charge in [0.15, 0.2) is 5.82 Å². The minimum Gasteiger partial charge on any atom is -0.369 e. The Hall–Kier alpha value is -3.21. The number of anilines is 2. The maximum Gasteiger partial charge on any atom is 0.256 e. The number of hydrogen-bond donors (Lipinski definition) is 2. The van der Waals surface area contributed by atoms with Gasteiger partial charge in [0.05, 0.1) is 17.1 Å². The second-order valence-corrected chi connectivity index (χ2v) is 10.8. The maximum absolute atomic E-state index is 13.2. The second-order valence-electron chi connectivity index (χ2n) is 8.86. The molecule has 10 heteroatoms. The normalized spacial score (nSPS) is 17.1. The molecule has 2 aromatic carbocycles. The Morgan fingerprint density at radius 2 is 1.71 bits per heavy atom. The fourth-order valence-corrected chi connectivity index (χ4v) is 6.04. The van der Waals surface area contributed by atoms with Crippen molar-refractivity contribution in [1.82, 2.24) is 19.4 Å². The predicted octanol–water partition coefficient (Wildman–Crippen LogP) is 2.43. The van der Waals surface area contributed by atoms with E-state index in [2.05, 4.69) is 32.4 Å². The predicted molar refractivity (Wildman–Crippen MR) is 130 cm³/mol. The Morgan fingerprint density at radius 3 is 2.41 bits per heavy atom. The van der Waals surface area contributed by atoms with Crippen LogP contribution in [0, 0.1) is 6.92 Å². The molecule has 1 aromatic heterocycles. The summed E-state index contributed by atoms with van der Waals surface area (Å²) >= 11 is 0. The minimum absolute atomic E-state index is 0.153. The van der Waals surface area contributed by atoms with Crippen LogP contribution < -0.4 is 10.2 Å². The highest BCUT2D eigenvalue weighted by Gasteiger charge is 2.35. The summed E-state index contributed by atoms with van der Waals surface area (Å²) in [7, 11) is -1.54. The van der Waals surface area contributed by atoms with Crippen LogP contribution in [0.5, 0.6) is 0 Å². The number of piperazine rings is 1. The van der Waals surface area contributed by atoms with Gasteiger partial charge in [0, 0.05) is 49.5 Å². The van der Waals surface area contributed by atoms with Gasteiger partial charge >= 0.3 is 0 Å². The number of hydrogen-bond acceptors (Lipinski definition) is 6. The van der Waals surface area contributed by atoms with Gasteiger partial charge in [-0.15, -0.1) is 0 Å². The lowest BCUT2D eigenvalue weighted by molar-refractivity contribution is 0.102. The number of aromatic nitrogens is 2. The van der Waals surface area contributed by atoms with Gasteiger partial charge < -0.3 is 15.1 Å². The molecule has 2 aliphatic heterocycles. The molecule has 0 aliphatic carbocycles. The molecule has 0 atom stereocenters. The molecule has 3 aromatic rings. The topological polar surface area (TPSA) is 102 Å². The summed E-state index contributed by atoms with van der Waals surface area (Å²) in [5.41, 5.74) is 3.71. The molecule has 1 saturated heterocycles. The highest BCUT2D eigenvalue weighted by Crippen LogP contribution is 2.32. The van der Waals surface area contributed by atoms with E-state index in [9.17, 15) is 13.2 Å². The summed E-state index contributed by atoms with van der Waals surface area (Å²) in [6.45, 7) is 6.08. The van der Waals surface area contributed by atoms with E-state index in [0.29, 0.717) is 33.1 Å². The molecule has 2 N–H and O–H groups in total. The molecule has 0 radical (unpaired) electrons. The molecule has 0 unspecified atom stereocenters. The van der Waals surface area contributed by atoms with Crippen molar-refractivity contribution in [3.63, 3.8) is 0 Å². The molecule has 0 saturated carbocycles. The summed E-state index contributed by atoms with van der Waals surface area (Å²) in [5.74, 6) is 0.0880. The summed E-state index contributed by atoms with van der Waals surface area (Å²) in [4.78, 5) is 17.8. The number of fused-ring (bicyclic) bond motifs is 1. The lowest BCUT2D eigenvalue weighted by Crippen LogP contribution is -2.44. The van der Waals surface area contributed by atoms with Gasteiger partial charge in [0.25, 0.3) is 5.91 Å². The third kappa shape index (κ3) is 4.20. The zero-order valence-electron chi connectivity index (χ0n) is 19.3. The number of carbonyl (C=O) groups is 1. The Balaban J connectivity index is 1.27. The van der Waals surface area contributed by atoms with Gasteiger partial charge in [-0.25, -0.2) is 8.42 Å². The number of aryl methyl sites for hydroxylation is 1. The summed E-state index contributed by atoms with van der Waals surface area (Å²) in [6.07, 6.45) is 0. The van der Waals surface area contributed by atoms with Crippen molar-refractivity contribution in [2.45, 2.75) is 24.9 Å². The smallest absolute Gasteiger partial charge is 0.256 e. The minimum atomic E-state index is -3.66. The molecule has 34 heavy (non-hydrogen) atoms. The first-order chi connectivity index (χ1) is 16.3. The number of nitrogens with zero attached hydrogens (tertiary/aromatic N) is 4. The van der Waals surface area contributed by atoms with Crippen molar-refractivity contribution in [2.75, 3.05) is 43.4 Å². The molecular formula is C24H28N6O3S. The molecule has 5 rings (SSSR count). The quantitative estimate of drug-likeness (QED) is 0.582. The Morgan fingerprint density at radius 1 is 1.00 bits per heavy atom. The molecule has 2 aliphatic rings. The standard InChI is InChI=1S/C24H28N6O3S/c1-17-5-3-4-6-22(17)34(32,33)30-15-20-21(16-30)26-27-23(20)25-24(31)18-7-9-19(10-8-18)29-13-11-28(2)12-14-29/h3-10H,11-16H2,1-2H3,(H2,25,26,27,31). The van der Waals surface area contributed by atoms with Crippen LogP contribution in [0.25, 0.3) is 0 Å². The molecular weight excluding hydrogens is 452 g/mol. The zero-order chi connectivity index (χ0) is 23.9. The van der Waals surface area contributed by atoms with Crippen molar-refractivity contribution in [3.8, 4) is 0 Å². The number of amides is 1. The van der Waals surface area contributed by atoms with Crippen LogP contribution in [0.2, 0.25) is 0 Å². The van der Waals surface area contributed by atoms with Gasteiger partial charge in [0.1, 0.15) is 0 Å². The summed E-state index contributed by atoms with van der Waals surface area (Å²) < 4.78 is 27.7. The molecule has 9 nitrogen and oxygen atoms in total. The number of carbonyl (C=O) groups excluding carboxylic acids is 1. The van der Waals surface area contributed by atoms with Crippen LogP contribution in [-0.4, -0.2) is 67.0 Å². The molecule has 178 valence electrons. The van der Waals surface area contributed by atoms with E-state index in [-0.39, 0.29) is 19.0 Å². The maximum atomic E-state index is 13.2. The van der Waals surface area contributed by atoms with Crippen molar-refractivity contribution >= 4 is 27.4 Å². The van der Waals surface area contributed by atoms with Gasteiger partial charge in [-0.2, -0.15) is 9.40 Å². The third-order valence-electron chi connectivity index (χ3n) is 6.56. The fraction of sp³-hybridized carbons (Fsp3) is 0.333. The van der Waals surface area contributed by atoms with E-state index in [1.165, 1.54) is 4.31 Å². The number of likely N-dealkylation sites (N-methyl/N-ethyl adjacent to an activating group) is 1. The van der Waals surface area contributed by atoms with Crippen molar-refractivity contribution in [2.24, 2.45) is 0 Å². The molecule has 1 amide bonds. The first-order valence-corrected chi connectivity index (χ1v) is 12.7. The van der Waals surface area contributed by atoms with Crippen LogP contribution in [-0.2, 0) is 23.1 Å². The summed E-state index contributed by atoms with van der Waals surface area (Å²) in [6, 6.07) is 14.5. The Bertz CT molecular complexity index is 1310. The zero-order valence-corrected chi connectivity index (χ0v) is 20.1. The van der Waals surface area contributed by atoms with E-state index in [1.807, 2.05) is 30.3 Å². The average molecular weight is 481 g/mol. The van der Waals surface area contributed by atoms with E-state index < -0.39 is 10.0 Å². The monoisotopic (exact) mass is 480 g/mol. The molecule has 1 fully saturated rings. The van der Waals surface area contributed by atoms with Gasteiger partial charge in [-0.05, 0) is 49.9 Å². The van der Waals surface area contributed by atoms with Crippen LogP contribution in [0.1, 0.15) is 27.2 Å². The van der Waals surface area contributed by atoms with Gasteiger partial charge in [-0.3, -0.25) is 9.89 Å². The Labute approximate surface area is 199 Å².